The van der Waals surface area contributed by atoms with Gasteiger partial charge in [0.1, 0.15) is 6.67 Å². The number of carbonyl (C=O) groups is 1. The summed E-state index contributed by atoms with van der Waals surface area (Å²) in [6, 6.07) is 7.11. The Hall–Kier alpha value is -3.36. The van der Waals surface area contributed by atoms with E-state index in [1.165, 1.54) is 18.4 Å². The monoisotopic (exact) mass is 466 g/mol. The maximum atomic E-state index is 12.7. The molecule has 0 fully saturated rings. The minimum Gasteiger partial charge on any atom is -0.464 e. The van der Waals surface area contributed by atoms with E-state index in [-0.39, 0.29) is 11.7 Å². The van der Waals surface area contributed by atoms with E-state index in [1.54, 1.807) is 30.6 Å². The average Bonchev–Trinajstić information content (AvgIpc) is 3.26. The lowest BCUT2D eigenvalue weighted by Gasteiger charge is -2.12. The summed E-state index contributed by atoms with van der Waals surface area (Å²) >= 11 is 1.35. The van der Waals surface area contributed by atoms with Crippen LogP contribution in [0, 0.1) is 0 Å². The number of ether oxygens (including phenoxy) is 1. The normalized spacial score (nSPS) is 19.1. The molecule has 1 atom stereocenters. The van der Waals surface area contributed by atoms with E-state index in [4.69, 9.17) is 10.5 Å². The van der Waals surface area contributed by atoms with Crippen molar-refractivity contribution in [3.8, 4) is 0 Å². The second-order valence-corrected chi connectivity index (χ2v) is 8.44. The van der Waals surface area contributed by atoms with Crippen molar-refractivity contribution in [2.75, 3.05) is 19.0 Å². The Morgan fingerprint density at radius 1 is 1.30 bits per heavy atom. The zero-order chi connectivity index (χ0) is 23.6. The molecule has 1 aromatic heterocycles. The molecule has 1 aliphatic rings. The molecule has 0 saturated heterocycles. The topological polar surface area (TPSA) is 89.6 Å². The Kier molecular flexibility index (Phi) is 8.86. The van der Waals surface area contributed by atoms with E-state index in [2.05, 4.69) is 21.9 Å². The Bertz CT molecular complexity index is 1100. The number of nitrogens with zero attached hydrogens (tertiary/aromatic N) is 2. The molecular weight excluding hydrogens is 439 g/mol. The Balaban J connectivity index is 1.77. The Labute approximate surface area is 197 Å². The predicted octanol–water partition coefficient (Wildman–Crippen LogP) is 4.87. The van der Waals surface area contributed by atoms with Crippen molar-refractivity contribution in [3.63, 3.8) is 0 Å². The predicted molar refractivity (Wildman–Crippen MR) is 133 cm³/mol. The zero-order valence-electron chi connectivity index (χ0n) is 18.5. The highest BCUT2D eigenvalue weighted by Gasteiger charge is 2.21. The molecule has 3 rings (SSSR count). The van der Waals surface area contributed by atoms with E-state index in [9.17, 15) is 9.18 Å². The van der Waals surface area contributed by atoms with Crippen LogP contribution in [-0.4, -0.2) is 36.9 Å². The molecule has 1 aromatic carbocycles. The molecule has 8 heteroatoms. The van der Waals surface area contributed by atoms with E-state index in [0.29, 0.717) is 35.0 Å². The van der Waals surface area contributed by atoms with Gasteiger partial charge in [0, 0.05) is 31.4 Å². The second-order valence-electron chi connectivity index (χ2n) is 7.44. The van der Waals surface area contributed by atoms with Gasteiger partial charge in [-0.1, -0.05) is 54.3 Å². The third-order valence-electron chi connectivity index (χ3n) is 4.82. The van der Waals surface area contributed by atoms with Crippen molar-refractivity contribution in [1.29, 1.82) is 0 Å². The molecule has 2 aromatic rings. The molecule has 2 heterocycles. The van der Waals surface area contributed by atoms with Crippen molar-refractivity contribution in [1.82, 2.24) is 4.98 Å². The number of hydrogen-bond acceptors (Lipinski definition) is 7. The average molecular weight is 467 g/mol. The molecule has 3 N–H and O–H groups in total. The zero-order valence-corrected chi connectivity index (χ0v) is 19.3. The van der Waals surface area contributed by atoms with Crippen LogP contribution in [0.2, 0.25) is 0 Å². The van der Waals surface area contributed by atoms with Crippen molar-refractivity contribution >= 4 is 34.2 Å². The van der Waals surface area contributed by atoms with Crippen LogP contribution in [0.25, 0.3) is 5.57 Å². The van der Waals surface area contributed by atoms with Gasteiger partial charge < -0.3 is 15.8 Å². The molecule has 0 saturated carbocycles. The number of anilines is 1. The molecule has 0 unspecified atom stereocenters. The fourth-order valence-electron chi connectivity index (χ4n) is 3.14. The smallest absolute Gasteiger partial charge is 0.358 e. The van der Waals surface area contributed by atoms with Crippen LogP contribution in [0.5, 0.6) is 0 Å². The number of nitrogens with two attached hydrogens (primary N) is 1. The number of alkyl halides is 1. The van der Waals surface area contributed by atoms with Crippen LogP contribution >= 0.6 is 11.3 Å². The summed E-state index contributed by atoms with van der Waals surface area (Å²) in [5.41, 5.74) is 9.74. The number of thiazole rings is 1. The number of hydrogen-bond donors (Lipinski definition) is 2. The van der Waals surface area contributed by atoms with Gasteiger partial charge in [-0.05, 0) is 40.8 Å². The number of benzene rings is 1. The van der Waals surface area contributed by atoms with Crippen molar-refractivity contribution in [3.05, 3.63) is 88.6 Å². The van der Waals surface area contributed by atoms with Gasteiger partial charge in [0.15, 0.2) is 10.8 Å². The van der Waals surface area contributed by atoms with Crippen LogP contribution in [-0.2, 0) is 17.8 Å². The van der Waals surface area contributed by atoms with Crippen LogP contribution in [0.4, 0.5) is 9.52 Å². The van der Waals surface area contributed by atoms with E-state index < -0.39 is 12.6 Å². The third kappa shape index (κ3) is 7.06. The van der Waals surface area contributed by atoms with Crippen LogP contribution < -0.4 is 11.1 Å². The summed E-state index contributed by atoms with van der Waals surface area (Å²) in [5.74, 6) is -0.513. The molecule has 0 radical (unpaired) electrons. The van der Waals surface area contributed by atoms with Crippen molar-refractivity contribution < 1.29 is 13.9 Å². The first-order chi connectivity index (χ1) is 16.0. The lowest BCUT2D eigenvalue weighted by Crippen LogP contribution is -2.31. The first kappa shape index (κ1) is 24.3. The summed E-state index contributed by atoms with van der Waals surface area (Å²) in [6.07, 6.45) is 12.3. The molecule has 6 nitrogen and oxygen atoms in total. The minimum absolute atomic E-state index is 0.188. The van der Waals surface area contributed by atoms with E-state index in [1.807, 2.05) is 30.4 Å². The lowest BCUT2D eigenvalue weighted by atomic mass is 10.1. The highest BCUT2D eigenvalue weighted by Crippen LogP contribution is 2.32. The van der Waals surface area contributed by atoms with Gasteiger partial charge >= 0.3 is 5.97 Å². The molecule has 172 valence electrons. The van der Waals surface area contributed by atoms with Crippen LogP contribution in [0.15, 0.2) is 71.9 Å². The molecule has 1 aliphatic heterocycles. The number of allylic oxidation sites excluding steroid dienone is 6. The molecule has 0 aliphatic carbocycles. The summed E-state index contributed by atoms with van der Waals surface area (Å²) < 4.78 is 17.6. The summed E-state index contributed by atoms with van der Waals surface area (Å²) in [4.78, 5) is 21.7. The largest absolute Gasteiger partial charge is 0.464 e. The molecule has 0 spiro atoms. The molecular formula is C25H27FN4O2S. The highest BCUT2D eigenvalue weighted by molar-refractivity contribution is 7.17. The fraction of sp³-hybridized carbons (Fsp3) is 0.240. The van der Waals surface area contributed by atoms with Gasteiger partial charge in [0.25, 0.3) is 0 Å². The maximum absolute atomic E-state index is 12.7. The van der Waals surface area contributed by atoms with Gasteiger partial charge in [-0.3, -0.25) is 4.99 Å². The first-order valence-corrected chi connectivity index (χ1v) is 11.3. The summed E-state index contributed by atoms with van der Waals surface area (Å²) in [5, 5.41) is 3.81. The van der Waals surface area contributed by atoms with Gasteiger partial charge in [0.05, 0.1) is 12.0 Å². The fourth-order valence-corrected chi connectivity index (χ4v) is 4.09. The SMILES string of the molecule is C=C1/C=C\N=C/C/C=C\C(c2sc(NC[C@@H](N)Cc3ccc(CF)cc3)nc2C(=O)OC)=C/1. The maximum Gasteiger partial charge on any atom is 0.358 e. The van der Waals surface area contributed by atoms with Crippen LogP contribution in [0.1, 0.15) is 32.9 Å². The third-order valence-corrected chi connectivity index (χ3v) is 5.88. The van der Waals surface area contributed by atoms with Crippen molar-refractivity contribution in [2.45, 2.75) is 25.6 Å². The first-order valence-electron chi connectivity index (χ1n) is 10.5. The quantitative estimate of drug-likeness (QED) is 0.542. The highest BCUT2D eigenvalue weighted by atomic mass is 32.1. The van der Waals surface area contributed by atoms with Gasteiger partial charge in [-0.2, -0.15) is 0 Å². The second kappa shape index (κ2) is 12.0. The molecule has 0 bridgehead atoms. The number of rotatable bonds is 8. The van der Waals surface area contributed by atoms with Gasteiger partial charge in [-0.25, -0.2) is 14.2 Å². The lowest BCUT2D eigenvalue weighted by molar-refractivity contribution is 0.0594. The number of aromatic nitrogens is 1. The van der Waals surface area contributed by atoms with Crippen molar-refractivity contribution in [2.24, 2.45) is 10.7 Å². The van der Waals surface area contributed by atoms with E-state index >= 15 is 0 Å². The number of aliphatic imine (C=N–C) groups is 1. The Morgan fingerprint density at radius 2 is 2.06 bits per heavy atom. The summed E-state index contributed by atoms with van der Waals surface area (Å²) in [6.45, 7) is 4.00. The molecule has 0 amide bonds. The number of carbonyl (C=O) groups excluding carboxylic acids is 1. The minimum atomic E-state index is -0.513. The standard InChI is InChI=1S/C25H27FN4O2S/c1-17-10-12-28-11-4-3-5-20(13-17)23-22(24(31)32-2)30-25(33-23)29-16-21(27)14-18-6-8-19(15-26)9-7-18/h3,5-13,21H,1,4,14-16,27H2,2H3,(H,29,30)/b5-3-,12-10-,20-13+,28-11-/t21-/m0/s1. The number of esters is 1. The van der Waals surface area contributed by atoms with Gasteiger partial charge in [-0.15, -0.1) is 0 Å². The van der Waals surface area contributed by atoms with E-state index in [0.717, 1.165) is 16.7 Å². The summed E-state index contributed by atoms with van der Waals surface area (Å²) in [7, 11) is 1.33. The number of nitrogens with one attached hydrogen (secondary N) is 1. The number of methoxy groups -OCH3 is 1. The Morgan fingerprint density at radius 3 is 2.79 bits per heavy atom. The number of halogens is 1. The van der Waals surface area contributed by atoms with Gasteiger partial charge in [0.2, 0.25) is 0 Å². The molecule has 33 heavy (non-hydrogen) atoms. The van der Waals surface area contributed by atoms with Crippen LogP contribution in [0.3, 0.4) is 0 Å².